The molecule has 1 aliphatic carbocycles. The van der Waals surface area contributed by atoms with Gasteiger partial charge in [-0.1, -0.05) is 24.3 Å². The van der Waals surface area contributed by atoms with Crippen LogP contribution in [-0.2, 0) is 0 Å². The van der Waals surface area contributed by atoms with E-state index in [9.17, 15) is 8.78 Å². The number of nitrogens with one attached hydrogen (secondary N) is 2. The minimum absolute atomic E-state index is 0.100. The summed E-state index contributed by atoms with van der Waals surface area (Å²) in [6, 6.07) is 9.18. The maximum atomic E-state index is 14.6. The Hall–Kier alpha value is -4.51. The molecule has 0 spiro atoms. The third kappa shape index (κ3) is 4.88. The van der Waals surface area contributed by atoms with Gasteiger partial charge < -0.3 is 15.8 Å². The van der Waals surface area contributed by atoms with Crippen LogP contribution in [0.1, 0.15) is 24.0 Å². The van der Waals surface area contributed by atoms with Crippen molar-refractivity contribution in [3.63, 3.8) is 0 Å². The SMILES string of the molecule is Nc1nc(Nc2ccc(OCCN3CCCC3)c(F)c2)nn1C1=CC2=CC=Cc3ccc(F)cc3C2=NN1. The number of anilines is 3. The average Bonchev–Trinajstić information content (AvgIpc) is 3.51. The summed E-state index contributed by atoms with van der Waals surface area (Å²) < 4.78 is 35.6. The zero-order chi connectivity index (χ0) is 26.1. The van der Waals surface area contributed by atoms with Crippen LogP contribution in [-0.4, -0.2) is 51.6 Å². The van der Waals surface area contributed by atoms with Gasteiger partial charge in [0.25, 0.3) is 0 Å². The van der Waals surface area contributed by atoms with E-state index in [1.165, 1.54) is 35.7 Å². The topological polar surface area (TPSA) is 106 Å². The first-order valence-electron chi connectivity index (χ1n) is 12.4. The van der Waals surface area contributed by atoms with Crippen LogP contribution in [0.4, 0.5) is 26.4 Å². The molecule has 11 heteroatoms. The third-order valence-electron chi connectivity index (χ3n) is 6.58. The van der Waals surface area contributed by atoms with E-state index in [0.717, 1.165) is 30.8 Å². The molecule has 38 heavy (non-hydrogen) atoms. The molecule has 0 amide bonds. The highest BCUT2D eigenvalue weighted by atomic mass is 19.1. The molecule has 194 valence electrons. The number of nitrogens with two attached hydrogens (primary N) is 1. The van der Waals surface area contributed by atoms with E-state index in [4.69, 9.17) is 10.5 Å². The van der Waals surface area contributed by atoms with Gasteiger partial charge in [-0.15, -0.1) is 5.10 Å². The lowest BCUT2D eigenvalue weighted by Gasteiger charge is -2.18. The summed E-state index contributed by atoms with van der Waals surface area (Å²) in [5.41, 5.74) is 12.4. The predicted molar refractivity (Wildman–Crippen MR) is 143 cm³/mol. The fourth-order valence-corrected chi connectivity index (χ4v) is 4.68. The number of hydrazone groups is 1. The van der Waals surface area contributed by atoms with Crippen molar-refractivity contribution < 1.29 is 13.5 Å². The standard InChI is InChI=1S/C27H26F2N8O/c28-19-7-6-17-4-3-5-18-14-24(33-34-25(18)21(17)15-19)37-26(30)32-27(35-37)31-20-8-9-23(22(29)16-20)38-13-12-36-10-1-2-11-36/h3-9,14-16,33H,1-2,10-13H2,(H3,30,31,32,35). The lowest BCUT2D eigenvalue weighted by molar-refractivity contribution is 0.231. The van der Waals surface area contributed by atoms with E-state index in [1.54, 1.807) is 24.3 Å². The number of halogens is 2. The Bertz CT molecular complexity index is 1500. The molecule has 9 nitrogen and oxygen atoms in total. The highest BCUT2D eigenvalue weighted by molar-refractivity contribution is 6.18. The number of nitrogens with zero attached hydrogens (tertiary/aromatic N) is 5. The summed E-state index contributed by atoms with van der Waals surface area (Å²) in [7, 11) is 0. The van der Waals surface area contributed by atoms with Crippen LogP contribution in [0, 0.1) is 11.6 Å². The molecular formula is C27H26F2N8O. The number of likely N-dealkylation sites (tertiary alicyclic amines) is 1. The van der Waals surface area contributed by atoms with Crippen molar-refractivity contribution >= 4 is 35.2 Å². The molecule has 3 heterocycles. The molecule has 0 radical (unpaired) electrons. The van der Waals surface area contributed by atoms with Gasteiger partial charge in [-0.2, -0.15) is 14.8 Å². The summed E-state index contributed by atoms with van der Waals surface area (Å²) in [5, 5.41) is 11.8. The largest absolute Gasteiger partial charge is 0.489 e. The Morgan fingerprint density at radius 2 is 1.97 bits per heavy atom. The minimum atomic E-state index is -0.479. The first kappa shape index (κ1) is 23.9. The van der Waals surface area contributed by atoms with Crippen LogP contribution < -0.4 is 21.2 Å². The van der Waals surface area contributed by atoms with Crippen LogP contribution in [0.2, 0.25) is 0 Å². The number of hydrogen-bond donors (Lipinski definition) is 3. The van der Waals surface area contributed by atoms with E-state index in [2.05, 4.69) is 30.8 Å². The Morgan fingerprint density at radius 3 is 2.82 bits per heavy atom. The summed E-state index contributed by atoms with van der Waals surface area (Å²) >= 11 is 0. The van der Waals surface area contributed by atoms with Crippen molar-refractivity contribution in [1.82, 2.24) is 25.1 Å². The molecule has 3 aliphatic rings. The van der Waals surface area contributed by atoms with E-state index in [0.29, 0.717) is 29.4 Å². The molecule has 1 aromatic heterocycles. The van der Waals surface area contributed by atoms with Crippen LogP contribution in [0.3, 0.4) is 0 Å². The second kappa shape index (κ2) is 10.1. The normalized spacial score (nSPS) is 16.5. The van der Waals surface area contributed by atoms with Gasteiger partial charge in [0.1, 0.15) is 12.4 Å². The zero-order valence-corrected chi connectivity index (χ0v) is 20.5. The molecule has 0 saturated carbocycles. The van der Waals surface area contributed by atoms with Crippen molar-refractivity contribution in [3.05, 3.63) is 83.0 Å². The Balaban J connectivity index is 1.15. The van der Waals surface area contributed by atoms with Gasteiger partial charge in [-0.25, -0.2) is 8.78 Å². The van der Waals surface area contributed by atoms with E-state index in [-0.39, 0.29) is 23.5 Å². The third-order valence-corrected chi connectivity index (χ3v) is 6.58. The fourth-order valence-electron chi connectivity index (χ4n) is 4.68. The Morgan fingerprint density at radius 1 is 1.11 bits per heavy atom. The maximum absolute atomic E-state index is 14.6. The second-order valence-corrected chi connectivity index (χ2v) is 9.19. The van der Waals surface area contributed by atoms with Gasteiger partial charge in [0, 0.05) is 29.4 Å². The smallest absolute Gasteiger partial charge is 0.248 e. The number of ether oxygens (including phenoxy) is 1. The molecule has 0 unspecified atom stereocenters. The van der Waals surface area contributed by atoms with Crippen LogP contribution in [0.25, 0.3) is 11.9 Å². The van der Waals surface area contributed by atoms with Gasteiger partial charge in [-0.3, -0.25) is 10.3 Å². The quantitative estimate of drug-likeness (QED) is 0.434. The summed E-state index contributed by atoms with van der Waals surface area (Å²) in [6.07, 6.45) is 9.85. The summed E-state index contributed by atoms with van der Waals surface area (Å²) in [4.78, 5) is 6.55. The zero-order valence-electron chi connectivity index (χ0n) is 20.5. The maximum Gasteiger partial charge on any atom is 0.248 e. The molecule has 0 atom stereocenters. The van der Waals surface area contributed by atoms with Crippen molar-refractivity contribution in [2.24, 2.45) is 5.10 Å². The van der Waals surface area contributed by atoms with E-state index in [1.807, 2.05) is 18.2 Å². The van der Waals surface area contributed by atoms with Gasteiger partial charge in [0.2, 0.25) is 11.9 Å². The van der Waals surface area contributed by atoms with Gasteiger partial charge in [0.15, 0.2) is 17.4 Å². The van der Waals surface area contributed by atoms with E-state index >= 15 is 0 Å². The minimum Gasteiger partial charge on any atom is -0.489 e. The van der Waals surface area contributed by atoms with Crippen molar-refractivity contribution in [2.45, 2.75) is 12.8 Å². The highest BCUT2D eigenvalue weighted by Gasteiger charge is 2.21. The van der Waals surface area contributed by atoms with Crippen LogP contribution in [0.5, 0.6) is 5.75 Å². The molecule has 0 bridgehead atoms. The molecule has 6 rings (SSSR count). The molecule has 3 aromatic rings. The lowest BCUT2D eigenvalue weighted by Crippen LogP contribution is -2.25. The average molecular weight is 517 g/mol. The summed E-state index contributed by atoms with van der Waals surface area (Å²) in [5.74, 6) is 0.120. The predicted octanol–water partition coefficient (Wildman–Crippen LogP) is 4.12. The first-order chi connectivity index (χ1) is 18.5. The fraction of sp³-hybridized carbons (Fsp3) is 0.222. The van der Waals surface area contributed by atoms with Gasteiger partial charge >= 0.3 is 0 Å². The van der Waals surface area contributed by atoms with Gasteiger partial charge in [-0.05, 0) is 61.8 Å². The Labute approximate surface area is 218 Å². The molecule has 2 aliphatic heterocycles. The van der Waals surface area contributed by atoms with Crippen LogP contribution >= 0.6 is 0 Å². The number of hydrogen-bond acceptors (Lipinski definition) is 8. The number of benzene rings is 2. The number of allylic oxidation sites excluding steroid dienone is 4. The first-order valence-corrected chi connectivity index (χ1v) is 12.4. The lowest BCUT2D eigenvalue weighted by atomic mass is 9.98. The van der Waals surface area contributed by atoms with E-state index < -0.39 is 5.82 Å². The van der Waals surface area contributed by atoms with Crippen molar-refractivity contribution in [3.8, 4) is 5.75 Å². The molecular weight excluding hydrogens is 490 g/mol. The van der Waals surface area contributed by atoms with Crippen LogP contribution in [0.15, 0.2) is 65.3 Å². The number of aromatic nitrogens is 3. The molecule has 1 saturated heterocycles. The number of nitrogen functional groups attached to an aromatic ring is 1. The molecule has 2 aromatic carbocycles. The molecule has 1 fully saturated rings. The van der Waals surface area contributed by atoms with Crippen molar-refractivity contribution in [2.75, 3.05) is 37.3 Å². The number of rotatable bonds is 7. The number of fused-ring (bicyclic) bond motifs is 3. The monoisotopic (exact) mass is 516 g/mol. The second-order valence-electron chi connectivity index (χ2n) is 9.19. The highest BCUT2D eigenvalue weighted by Crippen LogP contribution is 2.27. The van der Waals surface area contributed by atoms with Crippen molar-refractivity contribution in [1.29, 1.82) is 0 Å². The molecule has 4 N–H and O–H groups in total. The Kier molecular flexibility index (Phi) is 6.34. The summed E-state index contributed by atoms with van der Waals surface area (Å²) in [6.45, 7) is 3.36. The van der Waals surface area contributed by atoms with Gasteiger partial charge in [0.05, 0.1) is 5.71 Å².